The lowest BCUT2D eigenvalue weighted by atomic mass is 10.0. The number of rotatable bonds is 5. The molecule has 20 heavy (non-hydrogen) atoms. The Morgan fingerprint density at radius 1 is 1.35 bits per heavy atom. The van der Waals surface area contributed by atoms with Crippen molar-refractivity contribution in [2.75, 3.05) is 18.4 Å². The first-order valence-corrected chi connectivity index (χ1v) is 7.09. The molecule has 7 heteroatoms. The van der Waals surface area contributed by atoms with Gasteiger partial charge in [-0.15, -0.1) is 5.10 Å². The Hall–Kier alpha value is -1.76. The highest BCUT2D eigenvalue weighted by molar-refractivity contribution is 5.90. The monoisotopic (exact) mass is 278 g/mol. The summed E-state index contributed by atoms with van der Waals surface area (Å²) in [4.78, 5) is 24.8. The lowest BCUT2D eigenvalue weighted by Gasteiger charge is -2.31. The summed E-state index contributed by atoms with van der Waals surface area (Å²) in [5, 5.41) is 10.3. The number of aldehydes is 1. The van der Waals surface area contributed by atoms with E-state index in [9.17, 15) is 9.59 Å². The number of hydrogen-bond acceptors (Lipinski definition) is 6. The molecule has 2 aliphatic rings. The maximum absolute atomic E-state index is 11.9. The molecule has 0 radical (unpaired) electrons. The lowest BCUT2D eigenvalue weighted by Crippen LogP contribution is -2.44. The number of likely N-dealkylation sites (tertiary alicyclic amines) is 1. The van der Waals surface area contributed by atoms with Crippen LogP contribution >= 0.6 is 0 Å². The van der Waals surface area contributed by atoms with Gasteiger partial charge in [-0.3, -0.25) is 15.0 Å². The topological polar surface area (TPSA) is 88.3 Å². The minimum absolute atomic E-state index is 0.150. The Morgan fingerprint density at radius 2 is 2.20 bits per heavy atom. The summed E-state index contributed by atoms with van der Waals surface area (Å²) in [6.45, 7) is 0.957. The second kappa shape index (κ2) is 5.70. The molecule has 0 bridgehead atoms. The van der Waals surface area contributed by atoms with Crippen molar-refractivity contribution in [1.82, 2.24) is 15.1 Å². The van der Waals surface area contributed by atoms with E-state index >= 15 is 0 Å². The predicted octanol–water partition coefficient (Wildman–Crippen LogP) is 0.939. The lowest BCUT2D eigenvalue weighted by molar-refractivity contribution is -0.120. The second-order valence-electron chi connectivity index (χ2n) is 5.44. The molecule has 1 aromatic heterocycles. The summed E-state index contributed by atoms with van der Waals surface area (Å²) in [5.74, 6) is 0.753. The molecule has 1 amide bonds. The van der Waals surface area contributed by atoms with Gasteiger partial charge in [-0.25, -0.2) is 0 Å². The summed E-state index contributed by atoms with van der Waals surface area (Å²) in [7, 11) is 0. The van der Waals surface area contributed by atoms with E-state index in [0.29, 0.717) is 11.8 Å². The summed E-state index contributed by atoms with van der Waals surface area (Å²) in [6, 6.07) is -0.00391. The van der Waals surface area contributed by atoms with Gasteiger partial charge in [0.05, 0.1) is 12.6 Å². The van der Waals surface area contributed by atoms with Gasteiger partial charge in [0.1, 0.15) is 6.29 Å². The smallest absolute Gasteiger partial charge is 0.322 e. The number of hydrogen-bond donors (Lipinski definition) is 1. The predicted molar refractivity (Wildman–Crippen MR) is 70.2 cm³/mol. The number of piperidine rings is 1. The Morgan fingerprint density at radius 3 is 2.95 bits per heavy atom. The van der Waals surface area contributed by atoms with Crippen molar-refractivity contribution >= 4 is 18.2 Å². The highest BCUT2D eigenvalue weighted by Crippen LogP contribution is 2.39. The van der Waals surface area contributed by atoms with E-state index in [1.807, 2.05) is 4.90 Å². The Kier molecular flexibility index (Phi) is 3.77. The molecule has 2 fully saturated rings. The van der Waals surface area contributed by atoms with E-state index in [-0.39, 0.29) is 24.5 Å². The van der Waals surface area contributed by atoms with E-state index in [2.05, 4.69) is 15.5 Å². The average molecular weight is 278 g/mol. The largest absolute Gasteiger partial charge is 0.408 e. The fraction of sp³-hybridized carbons (Fsp3) is 0.692. The first kappa shape index (κ1) is 13.2. The van der Waals surface area contributed by atoms with Gasteiger partial charge in [-0.05, 0) is 32.2 Å². The maximum atomic E-state index is 11.9. The van der Waals surface area contributed by atoms with E-state index < -0.39 is 0 Å². The van der Waals surface area contributed by atoms with Crippen LogP contribution in [0.4, 0.5) is 6.01 Å². The van der Waals surface area contributed by atoms with Crippen molar-refractivity contribution in [3.05, 3.63) is 5.89 Å². The molecule has 0 aromatic carbocycles. The molecule has 1 N–H and O–H groups in total. The van der Waals surface area contributed by atoms with Crippen LogP contribution in [0.1, 0.15) is 43.9 Å². The van der Waals surface area contributed by atoms with Gasteiger partial charge in [0.25, 0.3) is 0 Å². The van der Waals surface area contributed by atoms with Crippen LogP contribution in [0.15, 0.2) is 4.42 Å². The molecule has 1 unspecified atom stereocenters. The number of anilines is 1. The molecule has 1 saturated carbocycles. The number of carbonyl (C=O) groups is 2. The van der Waals surface area contributed by atoms with Crippen LogP contribution in [0, 0.1) is 0 Å². The quantitative estimate of drug-likeness (QED) is 0.806. The van der Waals surface area contributed by atoms with Gasteiger partial charge in [0, 0.05) is 5.92 Å². The standard InChI is InChI=1S/C13H18N4O3/c18-8-10-3-1-2-6-17(10)7-11(19)14-13-16-15-12(20-13)9-4-5-9/h8-10H,1-7H2,(H,14,16,19). The van der Waals surface area contributed by atoms with Crippen molar-refractivity contribution in [2.45, 2.75) is 44.1 Å². The number of amides is 1. The third-order valence-corrected chi connectivity index (χ3v) is 3.78. The summed E-state index contributed by atoms with van der Waals surface area (Å²) in [6.07, 6.45) is 5.95. The van der Waals surface area contributed by atoms with E-state index in [1.54, 1.807) is 0 Å². The maximum Gasteiger partial charge on any atom is 0.322 e. The number of carbonyl (C=O) groups excluding carboxylic acids is 2. The number of nitrogens with one attached hydrogen (secondary N) is 1. The molecule has 1 atom stereocenters. The summed E-state index contributed by atoms with van der Waals surface area (Å²) >= 11 is 0. The average Bonchev–Trinajstić information content (AvgIpc) is 3.20. The first-order valence-electron chi connectivity index (χ1n) is 7.09. The molecular formula is C13H18N4O3. The van der Waals surface area contributed by atoms with Gasteiger partial charge in [-0.1, -0.05) is 11.5 Å². The molecule has 1 saturated heterocycles. The molecule has 0 spiro atoms. The van der Waals surface area contributed by atoms with Crippen molar-refractivity contribution in [1.29, 1.82) is 0 Å². The molecule has 2 heterocycles. The Labute approximate surface area is 116 Å². The van der Waals surface area contributed by atoms with Gasteiger partial charge >= 0.3 is 6.01 Å². The van der Waals surface area contributed by atoms with Crippen LogP contribution in [0.25, 0.3) is 0 Å². The third-order valence-electron chi connectivity index (χ3n) is 3.78. The van der Waals surface area contributed by atoms with Crippen LogP contribution in [0.2, 0.25) is 0 Å². The highest BCUT2D eigenvalue weighted by Gasteiger charge is 2.30. The Bertz CT molecular complexity index is 498. The van der Waals surface area contributed by atoms with E-state index in [1.165, 1.54) is 0 Å². The van der Waals surface area contributed by atoms with Crippen LogP contribution < -0.4 is 5.32 Å². The number of nitrogens with zero attached hydrogens (tertiary/aromatic N) is 3. The molecule has 1 aliphatic carbocycles. The zero-order valence-electron chi connectivity index (χ0n) is 11.2. The number of aromatic nitrogens is 2. The highest BCUT2D eigenvalue weighted by atomic mass is 16.4. The summed E-state index contributed by atoms with van der Waals surface area (Å²) in [5.41, 5.74) is 0. The minimum Gasteiger partial charge on any atom is -0.408 e. The summed E-state index contributed by atoms with van der Waals surface area (Å²) < 4.78 is 5.38. The van der Waals surface area contributed by atoms with Crippen LogP contribution in [-0.4, -0.2) is 46.4 Å². The van der Waals surface area contributed by atoms with Crippen LogP contribution in [-0.2, 0) is 9.59 Å². The SMILES string of the molecule is O=CC1CCCCN1CC(=O)Nc1nnc(C2CC2)o1. The normalized spacial score (nSPS) is 23.5. The third kappa shape index (κ3) is 3.04. The van der Waals surface area contributed by atoms with Crippen molar-refractivity contribution < 1.29 is 14.0 Å². The second-order valence-corrected chi connectivity index (χ2v) is 5.44. The first-order chi connectivity index (χ1) is 9.76. The van der Waals surface area contributed by atoms with E-state index in [4.69, 9.17) is 4.42 Å². The van der Waals surface area contributed by atoms with Gasteiger partial charge in [0.2, 0.25) is 11.8 Å². The van der Waals surface area contributed by atoms with Crippen molar-refractivity contribution in [3.8, 4) is 0 Å². The molecule has 1 aromatic rings. The van der Waals surface area contributed by atoms with Crippen LogP contribution in [0.3, 0.4) is 0 Å². The van der Waals surface area contributed by atoms with Crippen molar-refractivity contribution in [3.63, 3.8) is 0 Å². The van der Waals surface area contributed by atoms with Crippen LogP contribution in [0.5, 0.6) is 0 Å². The molecular weight excluding hydrogens is 260 g/mol. The van der Waals surface area contributed by atoms with Gasteiger partial charge in [-0.2, -0.15) is 0 Å². The molecule has 3 rings (SSSR count). The fourth-order valence-electron chi connectivity index (χ4n) is 2.49. The van der Waals surface area contributed by atoms with Crippen molar-refractivity contribution in [2.24, 2.45) is 0 Å². The molecule has 1 aliphatic heterocycles. The minimum atomic E-state index is -0.218. The zero-order chi connectivity index (χ0) is 13.9. The van der Waals surface area contributed by atoms with E-state index in [0.717, 1.165) is 44.9 Å². The Balaban J connectivity index is 1.53. The zero-order valence-corrected chi connectivity index (χ0v) is 11.2. The van der Waals surface area contributed by atoms with Gasteiger partial charge in [0.15, 0.2) is 0 Å². The fourth-order valence-corrected chi connectivity index (χ4v) is 2.49. The van der Waals surface area contributed by atoms with Gasteiger partial charge < -0.3 is 9.21 Å². The molecule has 108 valence electrons. The molecule has 7 nitrogen and oxygen atoms in total.